The normalized spacial score (nSPS) is 16.7. The molecule has 7 heteroatoms. The van der Waals surface area contributed by atoms with E-state index in [2.05, 4.69) is 5.32 Å². The number of ether oxygens (including phenoxy) is 1. The molecule has 3 unspecified atom stereocenters. The molecule has 2 N–H and O–H groups in total. The molecular formula is C17H31NO5S. The number of hydrogen-bond donors (Lipinski definition) is 2. The molecule has 0 saturated heterocycles. The molecule has 140 valence electrons. The molecule has 24 heavy (non-hydrogen) atoms. The van der Waals surface area contributed by atoms with Crippen molar-refractivity contribution in [1.82, 2.24) is 5.32 Å². The molecule has 0 aliphatic carbocycles. The highest BCUT2D eigenvalue weighted by Crippen LogP contribution is 2.32. The summed E-state index contributed by atoms with van der Waals surface area (Å²) in [6.45, 7) is 10.1. The van der Waals surface area contributed by atoms with Gasteiger partial charge in [0.05, 0.1) is 11.5 Å². The van der Waals surface area contributed by atoms with Crippen LogP contribution in [-0.4, -0.2) is 46.6 Å². The number of carbonyl (C=O) groups is 3. The minimum absolute atomic E-state index is 0.0652. The van der Waals surface area contributed by atoms with Gasteiger partial charge in [-0.25, -0.2) is 0 Å². The van der Waals surface area contributed by atoms with Gasteiger partial charge in [-0.3, -0.25) is 14.4 Å². The molecule has 6 nitrogen and oxygen atoms in total. The Bertz CT molecular complexity index is 464. The molecular weight excluding hydrogens is 330 g/mol. The van der Waals surface area contributed by atoms with Crippen LogP contribution in [0.2, 0.25) is 0 Å². The van der Waals surface area contributed by atoms with E-state index in [1.165, 1.54) is 6.92 Å². The number of thioether (sulfide) groups is 1. The van der Waals surface area contributed by atoms with Crippen LogP contribution in [0.4, 0.5) is 0 Å². The van der Waals surface area contributed by atoms with Crippen LogP contribution in [0.5, 0.6) is 0 Å². The second-order valence-corrected chi connectivity index (χ2v) is 7.85. The van der Waals surface area contributed by atoms with Crippen LogP contribution in [-0.2, 0) is 19.1 Å². The minimum Gasteiger partial charge on any atom is -0.463 e. The van der Waals surface area contributed by atoms with Crippen molar-refractivity contribution >= 4 is 28.8 Å². The lowest BCUT2D eigenvalue weighted by atomic mass is 9.79. The highest BCUT2D eigenvalue weighted by atomic mass is 32.2. The van der Waals surface area contributed by atoms with Gasteiger partial charge in [0.2, 0.25) is 11.0 Å². The van der Waals surface area contributed by atoms with E-state index in [-0.39, 0.29) is 17.6 Å². The van der Waals surface area contributed by atoms with Crippen LogP contribution in [0.25, 0.3) is 0 Å². The SMILES string of the molecule is CCC(C)(CC(C)C(=O)NC(C)(C)C(=O)SC)C(=O)OCC(C)O. The number of aliphatic hydroxyl groups excluding tert-OH is 1. The molecule has 0 aliphatic rings. The van der Waals surface area contributed by atoms with Crippen LogP contribution in [0.1, 0.15) is 54.4 Å². The molecule has 0 saturated carbocycles. The van der Waals surface area contributed by atoms with Crippen molar-refractivity contribution in [2.24, 2.45) is 11.3 Å². The minimum atomic E-state index is -0.958. The fourth-order valence-corrected chi connectivity index (χ4v) is 2.81. The average molecular weight is 362 g/mol. The first kappa shape index (κ1) is 22.9. The van der Waals surface area contributed by atoms with Crippen molar-refractivity contribution in [3.63, 3.8) is 0 Å². The van der Waals surface area contributed by atoms with E-state index in [4.69, 9.17) is 4.74 Å². The van der Waals surface area contributed by atoms with Gasteiger partial charge in [0.25, 0.3) is 0 Å². The highest BCUT2D eigenvalue weighted by Gasteiger charge is 2.38. The molecule has 0 aromatic carbocycles. The van der Waals surface area contributed by atoms with Gasteiger partial charge in [-0.1, -0.05) is 25.6 Å². The van der Waals surface area contributed by atoms with Crippen molar-refractivity contribution in [1.29, 1.82) is 0 Å². The number of aliphatic hydroxyl groups is 1. The Morgan fingerprint density at radius 1 is 1.21 bits per heavy atom. The first-order valence-electron chi connectivity index (χ1n) is 8.15. The predicted octanol–water partition coefficient (Wildman–Crippen LogP) is 2.14. The van der Waals surface area contributed by atoms with Gasteiger partial charge >= 0.3 is 5.97 Å². The number of esters is 1. The van der Waals surface area contributed by atoms with E-state index in [1.54, 1.807) is 34.0 Å². The van der Waals surface area contributed by atoms with Crippen LogP contribution < -0.4 is 5.32 Å². The Kier molecular flexibility index (Phi) is 8.99. The Morgan fingerprint density at radius 2 is 1.75 bits per heavy atom. The van der Waals surface area contributed by atoms with Crippen molar-refractivity contribution in [2.75, 3.05) is 12.9 Å². The third-order valence-electron chi connectivity index (χ3n) is 4.06. The smallest absolute Gasteiger partial charge is 0.311 e. The maximum Gasteiger partial charge on any atom is 0.311 e. The van der Waals surface area contributed by atoms with Gasteiger partial charge in [-0.2, -0.15) is 0 Å². The fraction of sp³-hybridized carbons (Fsp3) is 0.824. The molecule has 0 spiro atoms. The summed E-state index contributed by atoms with van der Waals surface area (Å²) in [7, 11) is 0. The number of rotatable bonds is 9. The summed E-state index contributed by atoms with van der Waals surface area (Å²) in [6.07, 6.45) is 1.76. The summed E-state index contributed by atoms with van der Waals surface area (Å²) in [5, 5.41) is 11.9. The Balaban J connectivity index is 4.90. The fourth-order valence-electron chi connectivity index (χ4n) is 2.25. The topological polar surface area (TPSA) is 92.7 Å². The number of hydrogen-bond acceptors (Lipinski definition) is 6. The van der Waals surface area contributed by atoms with Crippen LogP contribution in [0.3, 0.4) is 0 Å². The molecule has 0 aromatic heterocycles. The summed E-state index contributed by atoms with van der Waals surface area (Å²) in [4.78, 5) is 36.5. The maximum absolute atomic E-state index is 12.4. The first-order chi connectivity index (χ1) is 10.9. The molecule has 0 rings (SSSR count). The zero-order valence-electron chi connectivity index (χ0n) is 15.8. The van der Waals surface area contributed by atoms with E-state index in [0.29, 0.717) is 12.8 Å². The zero-order chi connectivity index (χ0) is 19.1. The highest BCUT2D eigenvalue weighted by molar-refractivity contribution is 8.13. The van der Waals surface area contributed by atoms with E-state index in [1.807, 2.05) is 6.92 Å². The molecule has 1 amide bonds. The van der Waals surface area contributed by atoms with Gasteiger partial charge in [0.15, 0.2) is 0 Å². The Labute approximate surface area is 149 Å². The molecule has 0 aliphatic heterocycles. The monoisotopic (exact) mass is 361 g/mol. The van der Waals surface area contributed by atoms with E-state index >= 15 is 0 Å². The number of carbonyl (C=O) groups excluding carboxylic acids is 3. The molecule has 0 aromatic rings. The van der Waals surface area contributed by atoms with Crippen molar-refractivity contribution in [3.05, 3.63) is 0 Å². The van der Waals surface area contributed by atoms with E-state index < -0.39 is 28.9 Å². The summed E-state index contributed by atoms with van der Waals surface area (Å²) < 4.78 is 5.12. The zero-order valence-corrected chi connectivity index (χ0v) is 16.6. The van der Waals surface area contributed by atoms with Gasteiger partial charge in [-0.15, -0.1) is 0 Å². The van der Waals surface area contributed by atoms with Crippen LogP contribution in [0, 0.1) is 11.3 Å². The van der Waals surface area contributed by atoms with Crippen molar-refractivity contribution in [2.45, 2.75) is 66.0 Å². The number of nitrogens with one attached hydrogen (secondary N) is 1. The lowest BCUT2D eigenvalue weighted by Gasteiger charge is -2.31. The van der Waals surface area contributed by atoms with Gasteiger partial charge in [-0.05, 0) is 46.8 Å². The van der Waals surface area contributed by atoms with E-state index in [0.717, 1.165) is 11.8 Å². The van der Waals surface area contributed by atoms with Gasteiger partial charge < -0.3 is 15.2 Å². The Morgan fingerprint density at radius 3 is 2.17 bits per heavy atom. The maximum atomic E-state index is 12.4. The molecule has 0 radical (unpaired) electrons. The van der Waals surface area contributed by atoms with Gasteiger partial charge in [0.1, 0.15) is 12.1 Å². The summed E-state index contributed by atoms with van der Waals surface area (Å²) >= 11 is 1.07. The van der Waals surface area contributed by atoms with Gasteiger partial charge in [0, 0.05) is 5.92 Å². The lowest BCUT2D eigenvalue weighted by Crippen LogP contribution is -2.51. The van der Waals surface area contributed by atoms with Crippen LogP contribution >= 0.6 is 11.8 Å². The molecule has 0 heterocycles. The van der Waals surface area contributed by atoms with Crippen molar-refractivity contribution in [3.8, 4) is 0 Å². The number of amides is 1. The lowest BCUT2D eigenvalue weighted by molar-refractivity contribution is -0.159. The van der Waals surface area contributed by atoms with E-state index in [9.17, 15) is 19.5 Å². The summed E-state index contributed by atoms with van der Waals surface area (Å²) in [6, 6.07) is 0. The van der Waals surface area contributed by atoms with Crippen molar-refractivity contribution < 1.29 is 24.2 Å². The molecule has 0 bridgehead atoms. The molecule has 3 atom stereocenters. The predicted molar refractivity (Wildman–Crippen MR) is 95.6 cm³/mol. The molecule has 0 fully saturated rings. The first-order valence-corrected chi connectivity index (χ1v) is 9.37. The van der Waals surface area contributed by atoms with Crippen LogP contribution in [0.15, 0.2) is 0 Å². The third kappa shape index (κ3) is 6.81. The second-order valence-electron chi connectivity index (χ2n) is 7.07. The summed E-state index contributed by atoms with van der Waals surface area (Å²) in [5.41, 5.74) is -1.78. The summed E-state index contributed by atoms with van der Waals surface area (Å²) in [5.74, 6) is -1.15. The quantitative estimate of drug-likeness (QED) is 0.611. The standard InChI is InChI=1S/C17H31NO5S/c1-8-17(6,14(21)23-10-12(3)19)9-11(2)13(20)18-16(4,5)15(22)24-7/h11-12,19H,8-10H2,1-7H3,(H,18,20). The third-order valence-corrected chi connectivity index (χ3v) is 4.95. The average Bonchev–Trinajstić information content (AvgIpc) is 2.50. The second kappa shape index (κ2) is 9.42. The largest absolute Gasteiger partial charge is 0.463 e. The Hall–Kier alpha value is -1.08.